The van der Waals surface area contributed by atoms with Crippen molar-refractivity contribution in [2.75, 3.05) is 0 Å². The summed E-state index contributed by atoms with van der Waals surface area (Å²) in [6, 6.07) is 67.3. The molecule has 0 atom stereocenters. The van der Waals surface area contributed by atoms with E-state index < -0.39 is 37.2 Å². The molecule has 10 aromatic carbocycles. The topological polar surface area (TPSA) is 38.9 Å². The van der Waals surface area contributed by atoms with Gasteiger partial charge < -0.3 is 4.42 Å². The smallest absolute Gasteiger partial charge is 0.160 e. The first-order chi connectivity index (χ1) is 38.1. The highest BCUT2D eigenvalue weighted by Gasteiger charge is 2.27. The standard InChI is InChI=1S/C67H44N2O/c1-39-35-40(2)64(41(3)63(39)43-32-34-54-49-21-7-6-19-47(49)45-17-4-5-18-46(45)48-20-8-10-24-52(48)60(54)37-43)67-68-38-61-55-33-31-42(44-28-16-29-58-56-26-14-15-30-62(56)70-66(44)58)36-59(55)53-25-11-9-22-50(53)51-23-12-13-27-57(51)65(61)69-67/h4-38H,1-3H3/i1D3,2D3,3D3. The molecule has 0 fully saturated rings. The van der Waals surface area contributed by atoms with Gasteiger partial charge in [-0.05, 0) is 144 Å². The number of nitrogens with zero attached hydrogens (tertiary/aromatic N) is 2. The Hall–Kier alpha value is -8.92. The predicted molar refractivity (Wildman–Crippen MR) is 290 cm³/mol. The maximum Gasteiger partial charge on any atom is 0.160 e. The molecule has 12 aromatic rings. The van der Waals surface area contributed by atoms with Crippen molar-refractivity contribution in [2.24, 2.45) is 0 Å². The molecule has 0 saturated heterocycles. The van der Waals surface area contributed by atoms with Crippen LogP contribution in [-0.2, 0) is 0 Å². The van der Waals surface area contributed by atoms with Gasteiger partial charge in [0, 0.05) is 51.6 Å². The minimum absolute atomic E-state index is 0.124. The van der Waals surface area contributed by atoms with Crippen LogP contribution in [0.5, 0.6) is 0 Å². The van der Waals surface area contributed by atoms with Gasteiger partial charge in [0.25, 0.3) is 0 Å². The molecule has 3 heteroatoms. The van der Waals surface area contributed by atoms with Gasteiger partial charge in [-0.25, -0.2) is 9.97 Å². The number of benzene rings is 10. The van der Waals surface area contributed by atoms with Gasteiger partial charge in [-0.3, -0.25) is 0 Å². The van der Waals surface area contributed by atoms with E-state index >= 15 is 0 Å². The molecule has 0 radical (unpaired) electrons. The zero-order valence-corrected chi connectivity index (χ0v) is 37.5. The van der Waals surface area contributed by atoms with E-state index in [4.69, 9.17) is 22.6 Å². The lowest BCUT2D eigenvalue weighted by molar-refractivity contribution is 0.670. The van der Waals surface area contributed by atoms with Gasteiger partial charge in [-0.2, -0.15) is 0 Å². The Labute approximate surface area is 419 Å². The molecule has 0 bridgehead atoms. The lowest BCUT2D eigenvalue weighted by atomic mass is 9.79. The number of para-hydroxylation sites is 2. The van der Waals surface area contributed by atoms with Crippen molar-refractivity contribution in [2.45, 2.75) is 20.6 Å². The van der Waals surface area contributed by atoms with Crippen molar-refractivity contribution in [3.63, 3.8) is 0 Å². The van der Waals surface area contributed by atoms with Crippen molar-refractivity contribution >= 4 is 21.9 Å². The molecule has 328 valence electrons. The summed E-state index contributed by atoms with van der Waals surface area (Å²) in [5.41, 5.74) is 15.5. The third kappa shape index (κ3) is 6.01. The molecule has 0 spiro atoms. The molecule has 14 rings (SSSR count). The number of hydrogen-bond donors (Lipinski definition) is 0. The minimum atomic E-state index is -3.10. The van der Waals surface area contributed by atoms with E-state index in [0.717, 1.165) is 111 Å². The Balaban J connectivity index is 1.04. The molecule has 70 heavy (non-hydrogen) atoms. The van der Waals surface area contributed by atoms with Gasteiger partial charge >= 0.3 is 0 Å². The first-order valence-electron chi connectivity index (χ1n) is 27.9. The average molecular weight is 902 g/mol. The van der Waals surface area contributed by atoms with E-state index in [2.05, 4.69) is 66.7 Å². The van der Waals surface area contributed by atoms with Crippen LogP contribution in [0.3, 0.4) is 0 Å². The highest BCUT2D eigenvalue weighted by molar-refractivity contribution is 6.11. The highest BCUT2D eigenvalue weighted by Crippen LogP contribution is 2.51. The van der Waals surface area contributed by atoms with E-state index in [1.165, 1.54) is 0 Å². The van der Waals surface area contributed by atoms with Gasteiger partial charge in [0.2, 0.25) is 0 Å². The molecule has 0 amide bonds. The third-order valence-electron chi connectivity index (χ3n) is 14.3. The van der Waals surface area contributed by atoms with Crippen molar-refractivity contribution in [3.05, 3.63) is 229 Å². The molecule has 2 aromatic heterocycles. The summed E-state index contributed by atoms with van der Waals surface area (Å²) in [5.74, 6) is -0.171. The fourth-order valence-corrected chi connectivity index (χ4v) is 11.2. The second-order valence-corrected chi connectivity index (χ2v) is 18.1. The zero-order chi connectivity index (χ0) is 54.1. The van der Waals surface area contributed by atoms with Crippen molar-refractivity contribution in [1.29, 1.82) is 0 Å². The van der Waals surface area contributed by atoms with Gasteiger partial charge in [0.15, 0.2) is 5.82 Å². The fourth-order valence-electron chi connectivity index (χ4n) is 11.2. The van der Waals surface area contributed by atoms with E-state index in [0.29, 0.717) is 16.8 Å². The monoisotopic (exact) mass is 901 g/mol. The summed E-state index contributed by atoms with van der Waals surface area (Å²) in [4.78, 5) is 10.3. The predicted octanol–water partition coefficient (Wildman–Crippen LogP) is 18.3. The first kappa shape index (κ1) is 31.9. The summed E-state index contributed by atoms with van der Waals surface area (Å²) in [7, 11) is 0. The molecule has 0 N–H and O–H groups in total. The van der Waals surface area contributed by atoms with Gasteiger partial charge in [0.1, 0.15) is 11.2 Å². The van der Waals surface area contributed by atoms with Crippen LogP contribution in [0.15, 0.2) is 217 Å². The maximum atomic E-state index is 9.43. The van der Waals surface area contributed by atoms with Crippen molar-refractivity contribution in [1.82, 2.24) is 9.97 Å². The largest absolute Gasteiger partial charge is 0.455 e. The van der Waals surface area contributed by atoms with E-state index in [1.807, 2.05) is 127 Å². The van der Waals surface area contributed by atoms with Crippen LogP contribution in [0.25, 0.3) is 145 Å². The Kier molecular flexibility index (Phi) is 7.10. The van der Waals surface area contributed by atoms with Gasteiger partial charge in [-0.15, -0.1) is 0 Å². The summed E-state index contributed by atoms with van der Waals surface area (Å²) < 4.78 is 89.0. The number of aromatic nitrogens is 2. The van der Waals surface area contributed by atoms with Crippen LogP contribution in [0, 0.1) is 20.6 Å². The Bertz CT molecular complexity index is 4520. The Morgan fingerprint density at radius 1 is 0.357 bits per heavy atom. The van der Waals surface area contributed by atoms with E-state index in [-0.39, 0.29) is 22.5 Å². The molecule has 2 aliphatic carbocycles. The second-order valence-electron chi connectivity index (χ2n) is 18.1. The molecular formula is C67H44N2O. The number of fused-ring (bicyclic) bond motifs is 19. The van der Waals surface area contributed by atoms with Crippen LogP contribution in [0.2, 0.25) is 0 Å². The first-order valence-corrected chi connectivity index (χ1v) is 23.4. The number of rotatable bonds is 3. The lowest BCUT2D eigenvalue weighted by Crippen LogP contribution is -2.04. The summed E-state index contributed by atoms with van der Waals surface area (Å²) in [5, 5.41) is 2.03. The number of hydrogen-bond acceptors (Lipinski definition) is 3. The molecular weight excluding hydrogens is 849 g/mol. The molecule has 2 aliphatic rings. The molecule has 0 aliphatic heterocycles. The molecule has 3 nitrogen and oxygen atoms in total. The summed E-state index contributed by atoms with van der Waals surface area (Å²) in [6.07, 6.45) is 1.64. The lowest BCUT2D eigenvalue weighted by Gasteiger charge is -2.25. The Morgan fingerprint density at radius 3 is 1.41 bits per heavy atom. The third-order valence-corrected chi connectivity index (χ3v) is 14.3. The SMILES string of the molecule is [2H]C([2H])([2H])c1cc(C([2H])([2H])[2H])c(-c2ncc3c(n2)-c2ccccc2-c2ccccc2-c2cc(-c4cccc5c4oc4ccccc45)ccc2-3)c(C([2H])([2H])[2H])c1-c1ccc2c(c1)-c1ccccc1-c1ccccc1-c1ccccc1-2. The van der Waals surface area contributed by atoms with Crippen LogP contribution >= 0.6 is 0 Å². The van der Waals surface area contributed by atoms with Gasteiger partial charge in [0.05, 0.1) is 5.69 Å². The maximum absolute atomic E-state index is 9.43. The van der Waals surface area contributed by atoms with Crippen LogP contribution in [0.4, 0.5) is 0 Å². The van der Waals surface area contributed by atoms with Crippen molar-refractivity contribution < 1.29 is 16.8 Å². The molecule has 0 saturated carbocycles. The Morgan fingerprint density at radius 2 is 0.814 bits per heavy atom. The summed E-state index contributed by atoms with van der Waals surface area (Å²) in [6.45, 7) is -9.10. The quantitative estimate of drug-likeness (QED) is 0.177. The van der Waals surface area contributed by atoms with Gasteiger partial charge in [-0.1, -0.05) is 188 Å². The fraction of sp³-hybridized carbons (Fsp3) is 0.0448. The normalized spacial score (nSPS) is 14.4. The van der Waals surface area contributed by atoms with Crippen LogP contribution < -0.4 is 0 Å². The van der Waals surface area contributed by atoms with E-state index in [9.17, 15) is 4.11 Å². The number of furan rings is 1. The number of aryl methyl sites for hydroxylation is 2. The van der Waals surface area contributed by atoms with E-state index in [1.54, 1.807) is 12.3 Å². The summed E-state index contributed by atoms with van der Waals surface area (Å²) >= 11 is 0. The van der Waals surface area contributed by atoms with Crippen LogP contribution in [-0.4, -0.2) is 9.97 Å². The molecule has 2 heterocycles. The highest BCUT2D eigenvalue weighted by atomic mass is 16.3. The molecule has 0 unspecified atom stereocenters. The van der Waals surface area contributed by atoms with Crippen molar-refractivity contribution in [3.8, 4) is 123 Å². The zero-order valence-electron chi connectivity index (χ0n) is 46.5. The second kappa shape index (κ2) is 15.6. The minimum Gasteiger partial charge on any atom is -0.455 e. The average Bonchev–Trinajstić information content (AvgIpc) is 3.98. The van der Waals surface area contributed by atoms with Crippen LogP contribution in [0.1, 0.15) is 29.0 Å².